The third kappa shape index (κ3) is 44.6. The number of esters is 2. The second-order valence-electron chi connectivity index (χ2n) is 16.0. The summed E-state index contributed by atoms with van der Waals surface area (Å²) in [5, 5.41) is 0. The SMILES string of the molecule is CC/C=C\C/C=C\C/C=C\CCCCCCOCC(COC(=O)CCCCCCCCCCC/C=C\CCCCCCCC)OC(=O)CCCCCCCCC. The molecule has 0 saturated carbocycles. The molecule has 0 heterocycles. The molecule has 326 valence electrons. The molecule has 0 saturated heterocycles. The quantitative estimate of drug-likeness (QED) is 0.0350. The van der Waals surface area contributed by atoms with Gasteiger partial charge in [-0.2, -0.15) is 0 Å². The predicted octanol–water partition coefficient (Wildman–Crippen LogP) is 16.0. The van der Waals surface area contributed by atoms with Gasteiger partial charge in [0.1, 0.15) is 6.61 Å². The zero-order chi connectivity index (χ0) is 40.7. The van der Waals surface area contributed by atoms with Gasteiger partial charge in [-0.25, -0.2) is 0 Å². The van der Waals surface area contributed by atoms with Crippen molar-refractivity contribution in [1.29, 1.82) is 0 Å². The first-order valence-corrected chi connectivity index (χ1v) is 24.2. The Balaban J connectivity index is 4.12. The number of hydrogen-bond donors (Lipinski definition) is 0. The van der Waals surface area contributed by atoms with E-state index in [9.17, 15) is 9.59 Å². The zero-order valence-electron chi connectivity index (χ0n) is 37.4. The lowest BCUT2D eigenvalue weighted by Crippen LogP contribution is -2.30. The summed E-state index contributed by atoms with van der Waals surface area (Å²) in [6.07, 6.45) is 57.0. The molecule has 0 aliphatic heterocycles. The van der Waals surface area contributed by atoms with Gasteiger partial charge in [0, 0.05) is 19.4 Å². The Hall–Kier alpha value is -2.14. The van der Waals surface area contributed by atoms with Crippen LogP contribution in [0.2, 0.25) is 0 Å². The average Bonchev–Trinajstić information content (AvgIpc) is 3.20. The second kappa shape index (κ2) is 47.2. The highest BCUT2D eigenvalue weighted by Crippen LogP contribution is 2.14. The van der Waals surface area contributed by atoms with Gasteiger partial charge in [-0.15, -0.1) is 0 Å². The Bertz CT molecular complexity index is 935. The third-order valence-corrected chi connectivity index (χ3v) is 10.3. The van der Waals surface area contributed by atoms with Crippen molar-refractivity contribution in [3.8, 4) is 0 Å². The molecule has 56 heavy (non-hydrogen) atoms. The van der Waals surface area contributed by atoms with E-state index in [2.05, 4.69) is 69.4 Å². The highest BCUT2D eigenvalue weighted by atomic mass is 16.6. The van der Waals surface area contributed by atoms with Crippen molar-refractivity contribution < 1.29 is 23.8 Å². The number of rotatable bonds is 44. The van der Waals surface area contributed by atoms with Crippen molar-refractivity contribution in [3.63, 3.8) is 0 Å². The van der Waals surface area contributed by atoms with Gasteiger partial charge in [0.2, 0.25) is 0 Å². The van der Waals surface area contributed by atoms with Crippen molar-refractivity contribution in [3.05, 3.63) is 48.6 Å². The van der Waals surface area contributed by atoms with Crippen LogP contribution in [0.1, 0.15) is 239 Å². The summed E-state index contributed by atoms with van der Waals surface area (Å²) in [4.78, 5) is 25.2. The van der Waals surface area contributed by atoms with E-state index in [4.69, 9.17) is 14.2 Å². The fraction of sp³-hybridized carbons (Fsp3) is 0.804. The number of carbonyl (C=O) groups excluding carboxylic acids is 2. The molecule has 0 fully saturated rings. The zero-order valence-corrected chi connectivity index (χ0v) is 37.4. The van der Waals surface area contributed by atoms with Crippen LogP contribution < -0.4 is 0 Å². The van der Waals surface area contributed by atoms with Crippen LogP contribution in [0.5, 0.6) is 0 Å². The second-order valence-corrected chi connectivity index (χ2v) is 16.0. The van der Waals surface area contributed by atoms with Gasteiger partial charge >= 0.3 is 11.9 Å². The molecule has 5 heteroatoms. The summed E-state index contributed by atoms with van der Waals surface area (Å²) in [6, 6.07) is 0. The first-order chi connectivity index (χ1) is 27.6. The molecule has 0 aromatic rings. The molecule has 0 rings (SSSR count). The standard InChI is InChI=1S/C51H92O5/c1-4-7-10-13-16-18-20-22-24-25-26-27-28-29-31-33-36-38-41-44-50(52)55-48-49(56-51(53)45-42-39-35-15-12-9-6-3)47-54-46-43-40-37-34-32-30-23-21-19-17-14-11-8-5-2/h8,11,17,19,22-24,30,49H,4-7,9-10,12-16,18,20-21,25-29,31-48H2,1-3H3/b11-8-,19-17-,24-22-,30-23-. The van der Waals surface area contributed by atoms with Gasteiger partial charge in [0.15, 0.2) is 6.10 Å². The van der Waals surface area contributed by atoms with E-state index in [1.807, 2.05) is 0 Å². The molecule has 1 unspecified atom stereocenters. The number of unbranched alkanes of at least 4 members (excludes halogenated alkanes) is 25. The van der Waals surface area contributed by atoms with E-state index in [1.165, 1.54) is 141 Å². The molecule has 0 spiro atoms. The van der Waals surface area contributed by atoms with Crippen molar-refractivity contribution in [1.82, 2.24) is 0 Å². The van der Waals surface area contributed by atoms with Gasteiger partial charge < -0.3 is 14.2 Å². The Morgan fingerprint density at radius 2 is 0.804 bits per heavy atom. The fourth-order valence-corrected chi connectivity index (χ4v) is 6.75. The summed E-state index contributed by atoms with van der Waals surface area (Å²) >= 11 is 0. The van der Waals surface area contributed by atoms with E-state index >= 15 is 0 Å². The van der Waals surface area contributed by atoms with E-state index in [0.29, 0.717) is 19.4 Å². The molecule has 0 aliphatic carbocycles. The van der Waals surface area contributed by atoms with Crippen LogP contribution in [-0.2, 0) is 23.8 Å². The van der Waals surface area contributed by atoms with E-state index in [-0.39, 0.29) is 25.2 Å². The van der Waals surface area contributed by atoms with E-state index in [0.717, 1.165) is 64.2 Å². The molecule has 1 atom stereocenters. The monoisotopic (exact) mass is 785 g/mol. The maximum absolute atomic E-state index is 12.6. The normalized spacial score (nSPS) is 12.6. The predicted molar refractivity (Wildman–Crippen MR) is 242 cm³/mol. The summed E-state index contributed by atoms with van der Waals surface area (Å²) in [5.74, 6) is -0.413. The van der Waals surface area contributed by atoms with Crippen LogP contribution in [0.25, 0.3) is 0 Å². The molecule has 5 nitrogen and oxygen atoms in total. The lowest BCUT2D eigenvalue weighted by molar-refractivity contribution is -0.163. The number of hydrogen-bond acceptors (Lipinski definition) is 5. The van der Waals surface area contributed by atoms with Gasteiger partial charge in [-0.05, 0) is 77.0 Å². The minimum atomic E-state index is -0.543. The van der Waals surface area contributed by atoms with Crippen molar-refractivity contribution in [2.75, 3.05) is 19.8 Å². The molecule has 0 bridgehead atoms. The molecule has 0 N–H and O–H groups in total. The van der Waals surface area contributed by atoms with Crippen molar-refractivity contribution in [2.45, 2.75) is 245 Å². The van der Waals surface area contributed by atoms with Gasteiger partial charge in [0.05, 0.1) is 6.61 Å². The molecule has 0 aromatic carbocycles. The minimum Gasteiger partial charge on any atom is -0.462 e. The number of ether oxygens (including phenoxy) is 3. The van der Waals surface area contributed by atoms with Crippen LogP contribution in [0, 0.1) is 0 Å². The van der Waals surface area contributed by atoms with Crippen molar-refractivity contribution >= 4 is 11.9 Å². The van der Waals surface area contributed by atoms with Gasteiger partial charge in [-0.3, -0.25) is 9.59 Å². The van der Waals surface area contributed by atoms with Gasteiger partial charge in [0.25, 0.3) is 0 Å². The molecule has 0 amide bonds. The summed E-state index contributed by atoms with van der Waals surface area (Å²) < 4.78 is 17.3. The van der Waals surface area contributed by atoms with Crippen LogP contribution in [0.15, 0.2) is 48.6 Å². The first-order valence-electron chi connectivity index (χ1n) is 24.2. The van der Waals surface area contributed by atoms with E-state index in [1.54, 1.807) is 0 Å². The molecule has 0 aromatic heterocycles. The lowest BCUT2D eigenvalue weighted by Gasteiger charge is -2.18. The topological polar surface area (TPSA) is 61.8 Å². The Kier molecular flexibility index (Phi) is 45.4. The van der Waals surface area contributed by atoms with Gasteiger partial charge in [-0.1, -0.05) is 198 Å². The van der Waals surface area contributed by atoms with E-state index < -0.39 is 6.10 Å². The fourth-order valence-electron chi connectivity index (χ4n) is 6.75. The molecular formula is C51H92O5. The first kappa shape index (κ1) is 53.9. The highest BCUT2D eigenvalue weighted by Gasteiger charge is 2.17. The maximum Gasteiger partial charge on any atom is 0.306 e. The number of allylic oxidation sites excluding steroid dienone is 8. The van der Waals surface area contributed by atoms with Crippen molar-refractivity contribution in [2.24, 2.45) is 0 Å². The lowest BCUT2D eigenvalue weighted by atomic mass is 10.1. The maximum atomic E-state index is 12.6. The number of carbonyl (C=O) groups is 2. The highest BCUT2D eigenvalue weighted by molar-refractivity contribution is 5.70. The summed E-state index contributed by atoms with van der Waals surface area (Å²) in [6.45, 7) is 7.64. The smallest absolute Gasteiger partial charge is 0.306 e. The van der Waals surface area contributed by atoms with Crippen LogP contribution in [0.4, 0.5) is 0 Å². The Morgan fingerprint density at radius 3 is 1.30 bits per heavy atom. The minimum absolute atomic E-state index is 0.0769. The molecular weight excluding hydrogens is 693 g/mol. The molecule has 0 radical (unpaired) electrons. The summed E-state index contributed by atoms with van der Waals surface area (Å²) in [5.41, 5.74) is 0. The molecule has 0 aliphatic rings. The summed E-state index contributed by atoms with van der Waals surface area (Å²) in [7, 11) is 0. The Morgan fingerprint density at radius 1 is 0.411 bits per heavy atom. The Labute approximate surface area is 348 Å². The van der Waals surface area contributed by atoms with Crippen LogP contribution in [0.3, 0.4) is 0 Å². The average molecular weight is 785 g/mol. The largest absolute Gasteiger partial charge is 0.462 e. The van der Waals surface area contributed by atoms with Crippen LogP contribution >= 0.6 is 0 Å². The third-order valence-electron chi connectivity index (χ3n) is 10.3. The van der Waals surface area contributed by atoms with Crippen LogP contribution in [-0.4, -0.2) is 37.9 Å².